The number of hydrogen-bond acceptors (Lipinski definition) is 2. The van der Waals surface area contributed by atoms with Gasteiger partial charge >= 0.3 is 0 Å². The van der Waals surface area contributed by atoms with E-state index in [4.69, 9.17) is 4.74 Å². The summed E-state index contributed by atoms with van der Waals surface area (Å²) in [5.74, 6) is 3.86. The molecule has 1 aliphatic rings. The molecule has 24 heavy (non-hydrogen) atoms. The van der Waals surface area contributed by atoms with Crippen molar-refractivity contribution in [2.45, 2.75) is 19.6 Å². The second kappa shape index (κ2) is 6.06. The molecule has 5 heteroatoms. The Labute approximate surface area is 142 Å². The van der Waals surface area contributed by atoms with Crippen molar-refractivity contribution in [3.63, 3.8) is 0 Å². The zero-order valence-electron chi connectivity index (χ0n) is 14.3. The zero-order chi connectivity index (χ0) is 17.3. The highest BCUT2D eigenvalue weighted by molar-refractivity contribution is 6.83. The summed E-state index contributed by atoms with van der Waals surface area (Å²) < 4.78 is 5.31. The van der Waals surface area contributed by atoms with Crippen LogP contribution >= 0.6 is 0 Å². The molecule has 0 spiro atoms. The van der Waals surface area contributed by atoms with Crippen LogP contribution in [0.15, 0.2) is 30.5 Å². The fourth-order valence-electron chi connectivity index (χ4n) is 2.55. The molecule has 0 atom stereocenters. The van der Waals surface area contributed by atoms with Gasteiger partial charge in [0.1, 0.15) is 13.8 Å². The Balaban J connectivity index is 2.14. The number of nitrogens with one attached hydrogen (secondary N) is 2. The van der Waals surface area contributed by atoms with Crippen LogP contribution < -0.4 is 10.1 Å². The van der Waals surface area contributed by atoms with Crippen LogP contribution in [0.3, 0.4) is 0 Å². The standard InChI is InChI=1S/C19H20N2O2Si/c1-23-17-8-10-20-16(17)12-14-18-13(9-11-24(2,3)4)6-5-7-15(18)21-19(14)22/h5-8,10,12,20H,1-4H3,(H,21,22). The van der Waals surface area contributed by atoms with E-state index in [1.165, 1.54) is 0 Å². The maximum atomic E-state index is 12.4. The number of aromatic amines is 1. The summed E-state index contributed by atoms with van der Waals surface area (Å²) in [6.45, 7) is 6.60. The molecule has 2 aromatic rings. The Morgan fingerprint density at radius 1 is 1.21 bits per heavy atom. The van der Waals surface area contributed by atoms with Crippen LogP contribution in [0.2, 0.25) is 19.6 Å². The van der Waals surface area contributed by atoms with E-state index in [9.17, 15) is 4.79 Å². The first-order valence-corrected chi connectivity index (χ1v) is 11.3. The Kier molecular flexibility index (Phi) is 4.08. The number of rotatable bonds is 2. The number of methoxy groups -OCH3 is 1. The Bertz CT molecular complexity index is 892. The van der Waals surface area contributed by atoms with Crippen molar-refractivity contribution in [1.82, 2.24) is 4.98 Å². The second-order valence-electron chi connectivity index (χ2n) is 6.70. The van der Waals surface area contributed by atoms with Crippen molar-refractivity contribution >= 4 is 31.3 Å². The van der Waals surface area contributed by atoms with Crippen LogP contribution in [0.1, 0.15) is 16.8 Å². The zero-order valence-corrected chi connectivity index (χ0v) is 15.3. The summed E-state index contributed by atoms with van der Waals surface area (Å²) in [4.78, 5) is 15.5. The number of hydrogen-bond donors (Lipinski definition) is 2. The van der Waals surface area contributed by atoms with E-state index in [2.05, 4.69) is 41.4 Å². The quantitative estimate of drug-likeness (QED) is 0.499. The molecule has 0 saturated carbocycles. The van der Waals surface area contributed by atoms with Crippen molar-refractivity contribution in [1.29, 1.82) is 0 Å². The molecule has 3 rings (SSSR count). The van der Waals surface area contributed by atoms with Gasteiger partial charge in [0.15, 0.2) is 0 Å². The monoisotopic (exact) mass is 336 g/mol. The van der Waals surface area contributed by atoms with Gasteiger partial charge in [-0.25, -0.2) is 0 Å². The lowest BCUT2D eigenvalue weighted by atomic mass is 10.00. The summed E-state index contributed by atoms with van der Waals surface area (Å²) in [7, 11) is 0.108. The average molecular weight is 336 g/mol. The van der Waals surface area contributed by atoms with E-state index >= 15 is 0 Å². The number of H-pyrrole nitrogens is 1. The summed E-state index contributed by atoms with van der Waals surface area (Å²) in [6, 6.07) is 7.62. The smallest absolute Gasteiger partial charge is 0.256 e. The molecular formula is C19H20N2O2Si. The third-order valence-corrected chi connectivity index (χ3v) is 4.52. The molecule has 122 valence electrons. The van der Waals surface area contributed by atoms with Crippen LogP contribution in [-0.4, -0.2) is 26.1 Å². The minimum Gasteiger partial charge on any atom is -0.495 e. The molecule has 0 unspecified atom stereocenters. The number of ether oxygens (including phenoxy) is 1. The number of carbonyl (C=O) groups is 1. The van der Waals surface area contributed by atoms with E-state index in [0.29, 0.717) is 11.3 Å². The number of anilines is 1. The summed E-state index contributed by atoms with van der Waals surface area (Å²) >= 11 is 0. The van der Waals surface area contributed by atoms with Crippen molar-refractivity contribution in [3.05, 3.63) is 47.3 Å². The lowest BCUT2D eigenvalue weighted by Crippen LogP contribution is -2.16. The normalized spacial score (nSPS) is 14.8. The first-order chi connectivity index (χ1) is 11.4. The van der Waals surface area contributed by atoms with Crippen LogP contribution in [0, 0.1) is 11.5 Å². The van der Waals surface area contributed by atoms with Crippen LogP contribution in [0.5, 0.6) is 5.75 Å². The molecule has 1 amide bonds. The Morgan fingerprint density at radius 3 is 2.71 bits per heavy atom. The molecule has 0 aliphatic carbocycles. The van der Waals surface area contributed by atoms with Gasteiger partial charge in [0, 0.05) is 17.3 Å². The van der Waals surface area contributed by atoms with Crippen molar-refractivity contribution < 1.29 is 9.53 Å². The van der Waals surface area contributed by atoms with Gasteiger partial charge in [-0.05, 0) is 24.3 Å². The molecule has 2 heterocycles. The molecule has 2 N–H and O–H groups in total. The predicted molar refractivity (Wildman–Crippen MR) is 101 cm³/mol. The summed E-state index contributed by atoms with van der Waals surface area (Å²) in [5.41, 5.74) is 7.29. The van der Waals surface area contributed by atoms with E-state index in [0.717, 1.165) is 22.5 Å². The van der Waals surface area contributed by atoms with E-state index in [-0.39, 0.29) is 5.91 Å². The molecule has 1 aromatic carbocycles. The first-order valence-electron chi connectivity index (χ1n) is 7.80. The molecule has 4 nitrogen and oxygen atoms in total. The van der Waals surface area contributed by atoms with Gasteiger partial charge in [-0.1, -0.05) is 31.6 Å². The summed E-state index contributed by atoms with van der Waals surface area (Å²) in [5, 5.41) is 2.92. The maximum Gasteiger partial charge on any atom is 0.256 e. The van der Waals surface area contributed by atoms with Gasteiger partial charge in [0.25, 0.3) is 5.91 Å². The average Bonchev–Trinajstić information content (AvgIpc) is 3.09. The van der Waals surface area contributed by atoms with Gasteiger partial charge in [-0.3, -0.25) is 4.79 Å². The molecular weight excluding hydrogens is 316 g/mol. The fourth-order valence-corrected chi connectivity index (χ4v) is 3.06. The van der Waals surface area contributed by atoms with E-state index < -0.39 is 8.07 Å². The lowest BCUT2D eigenvalue weighted by molar-refractivity contribution is -0.110. The molecule has 1 aliphatic heterocycles. The van der Waals surface area contributed by atoms with E-state index in [1.54, 1.807) is 13.3 Å². The fraction of sp³-hybridized carbons (Fsp3) is 0.211. The van der Waals surface area contributed by atoms with Gasteiger partial charge < -0.3 is 15.0 Å². The Hall–Kier alpha value is -2.71. The minimum absolute atomic E-state index is 0.121. The van der Waals surface area contributed by atoms with Gasteiger partial charge in [0.2, 0.25) is 0 Å². The van der Waals surface area contributed by atoms with Crippen molar-refractivity contribution in [3.8, 4) is 17.2 Å². The van der Waals surface area contributed by atoms with Crippen molar-refractivity contribution in [2.75, 3.05) is 12.4 Å². The number of carbonyl (C=O) groups excluding carboxylic acids is 1. The SMILES string of the molecule is COc1cc[nH]c1C=C1C(=O)Nc2cccc(C#C[Si](C)(C)C)c21. The van der Waals surface area contributed by atoms with Crippen molar-refractivity contribution in [2.24, 2.45) is 0 Å². The molecule has 0 radical (unpaired) electrons. The van der Waals surface area contributed by atoms with Gasteiger partial charge in [-0.2, -0.15) is 0 Å². The molecule has 0 fully saturated rings. The lowest BCUT2D eigenvalue weighted by Gasteiger charge is -2.06. The van der Waals surface area contributed by atoms with Gasteiger partial charge in [0.05, 0.1) is 24.1 Å². The first kappa shape index (κ1) is 16.2. The number of amides is 1. The van der Waals surface area contributed by atoms with Gasteiger partial charge in [-0.15, -0.1) is 5.54 Å². The number of aromatic nitrogens is 1. The number of fused-ring (bicyclic) bond motifs is 1. The molecule has 0 bridgehead atoms. The largest absolute Gasteiger partial charge is 0.495 e. The van der Waals surface area contributed by atoms with Crippen LogP contribution in [-0.2, 0) is 4.79 Å². The topological polar surface area (TPSA) is 54.1 Å². The third kappa shape index (κ3) is 3.14. The second-order valence-corrected chi connectivity index (χ2v) is 11.4. The Morgan fingerprint density at radius 2 is 2.00 bits per heavy atom. The van der Waals surface area contributed by atoms with Crippen LogP contribution in [0.4, 0.5) is 5.69 Å². The molecule has 0 saturated heterocycles. The maximum absolute atomic E-state index is 12.4. The third-order valence-electron chi connectivity index (χ3n) is 3.65. The molecule has 1 aromatic heterocycles. The summed E-state index contributed by atoms with van der Waals surface area (Å²) in [6.07, 6.45) is 3.61. The highest BCUT2D eigenvalue weighted by Gasteiger charge is 2.27. The van der Waals surface area contributed by atoms with E-state index in [1.807, 2.05) is 30.3 Å². The van der Waals surface area contributed by atoms with Crippen LogP contribution in [0.25, 0.3) is 11.6 Å². The number of benzene rings is 1. The predicted octanol–water partition coefficient (Wildman–Crippen LogP) is 3.74. The minimum atomic E-state index is -1.50. The highest BCUT2D eigenvalue weighted by atomic mass is 28.3. The highest BCUT2D eigenvalue weighted by Crippen LogP contribution is 2.36.